The van der Waals surface area contributed by atoms with Crippen molar-refractivity contribution < 1.29 is 0 Å². The fourth-order valence-corrected chi connectivity index (χ4v) is 2.61. The standard InChI is InChI=1S/C17H25N3/c1-10(2)15(8-18)17-19-9-16(20-17)14-7-12(4)11(3)6-13(14)5/h6-7,9-10,15H,8,18H2,1-5H3,(H,19,20). The van der Waals surface area contributed by atoms with Crippen molar-refractivity contribution in [3.8, 4) is 11.3 Å². The van der Waals surface area contributed by atoms with Crippen LogP contribution in [0, 0.1) is 26.7 Å². The van der Waals surface area contributed by atoms with Gasteiger partial charge < -0.3 is 10.7 Å². The molecule has 0 aliphatic heterocycles. The Balaban J connectivity index is 2.41. The summed E-state index contributed by atoms with van der Waals surface area (Å²) in [5.41, 5.74) is 12.1. The third-order valence-corrected chi connectivity index (χ3v) is 4.14. The van der Waals surface area contributed by atoms with Crippen molar-refractivity contribution in [1.29, 1.82) is 0 Å². The number of rotatable bonds is 4. The van der Waals surface area contributed by atoms with Crippen LogP contribution >= 0.6 is 0 Å². The summed E-state index contributed by atoms with van der Waals surface area (Å²) < 4.78 is 0. The van der Waals surface area contributed by atoms with E-state index in [1.165, 1.54) is 22.3 Å². The molecule has 3 heteroatoms. The quantitative estimate of drug-likeness (QED) is 0.891. The fourth-order valence-electron chi connectivity index (χ4n) is 2.61. The van der Waals surface area contributed by atoms with Gasteiger partial charge >= 0.3 is 0 Å². The number of benzene rings is 1. The molecular weight excluding hydrogens is 246 g/mol. The van der Waals surface area contributed by atoms with Gasteiger partial charge in [0.2, 0.25) is 0 Å². The third-order valence-electron chi connectivity index (χ3n) is 4.14. The van der Waals surface area contributed by atoms with Crippen LogP contribution in [0.15, 0.2) is 18.3 Å². The van der Waals surface area contributed by atoms with Crippen molar-refractivity contribution >= 4 is 0 Å². The van der Waals surface area contributed by atoms with Crippen LogP contribution in [0.3, 0.4) is 0 Å². The lowest BCUT2D eigenvalue weighted by atomic mass is 9.95. The zero-order chi connectivity index (χ0) is 14.9. The van der Waals surface area contributed by atoms with Crippen molar-refractivity contribution in [2.24, 2.45) is 11.7 Å². The largest absolute Gasteiger partial charge is 0.342 e. The molecular formula is C17H25N3. The molecule has 2 aromatic rings. The Bertz CT molecular complexity index is 596. The Kier molecular flexibility index (Phi) is 4.29. The summed E-state index contributed by atoms with van der Waals surface area (Å²) in [6.07, 6.45) is 1.93. The molecule has 0 saturated carbocycles. The number of aryl methyl sites for hydroxylation is 3. The van der Waals surface area contributed by atoms with Gasteiger partial charge in [0.1, 0.15) is 5.82 Å². The smallest absolute Gasteiger partial charge is 0.111 e. The molecule has 20 heavy (non-hydrogen) atoms. The third kappa shape index (κ3) is 2.78. The Hall–Kier alpha value is -1.61. The molecule has 1 unspecified atom stereocenters. The lowest BCUT2D eigenvalue weighted by Gasteiger charge is -2.16. The maximum absolute atomic E-state index is 5.87. The molecule has 108 valence electrons. The van der Waals surface area contributed by atoms with E-state index in [2.05, 4.69) is 56.7 Å². The van der Waals surface area contributed by atoms with Crippen LogP contribution < -0.4 is 5.73 Å². The zero-order valence-corrected chi connectivity index (χ0v) is 13.1. The molecule has 0 bridgehead atoms. The number of aromatic nitrogens is 2. The van der Waals surface area contributed by atoms with Crippen molar-refractivity contribution in [2.75, 3.05) is 6.54 Å². The van der Waals surface area contributed by atoms with Crippen LogP contribution in [-0.4, -0.2) is 16.5 Å². The minimum atomic E-state index is 0.288. The summed E-state index contributed by atoms with van der Waals surface area (Å²) in [7, 11) is 0. The topological polar surface area (TPSA) is 54.7 Å². The molecule has 2 rings (SSSR count). The number of nitrogens with zero attached hydrogens (tertiary/aromatic N) is 1. The Morgan fingerprint density at radius 1 is 1.10 bits per heavy atom. The van der Waals surface area contributed by atoms with Gasteiger partial charge in [-0.15, -0.1) is 0 Å². The van der Waals surface area contributed by atoms with E-state index in [-0.39, 0.29) is 5.92 Å². The minimum Gasteiger partial charge on any atom is -0.342 e. The molecule has 0 aliphatic rings. The SMILES string of the molecule is Cc1cc(C)c(-c2cnc(C(CN)C(C)C)[nH]2)cc1C. The molecule has 0 saturated heterocycles. The lowest BCUT2D eigenvalue weighted by molar-refractivity contribution is 0.487. The first-order valence-electron chi connectivity index (χ1n) is 7.27. The molecule has 0 radical (unpaired) electrons. The molecule has 0 aliphatic carbocycles. The maximum Gasteiger partial charge on any atom is 0.111 e. The number of nitrogens with two attached hydrogens (primary N) is 1. The first-order chi connectivity index (χ1) is 9.43. The van der Waals surface area contributed by atoms with Crippen LogP contribution in [0.25, 0.3) is 11.3 Å². The van der Waals surface area contributed by atoms with Crippen LogP contribution in [0.1, 0.15) is 42.3 Å². The normalized spacial score (nSPS) is 12.9. The Labute approximate surface area is 121 Å². The molecule has 0 amide bonds. The predicted octanol–water partition coefficient (Wildman–Crippen LogP) is 3.70. The van der Waals surface area contributed by atoms with Crippen molar-refractivity contribution in [1.82, 2.24) is 9.97 Å². The highest BCUT2D eigenvalue weighted by atomic mass is 14.9. The zero-order valence-electron chi connectivity index (χ0n) is 13.1. The Morgan fingerprint density at radius 2 is 1.75 bits per heavy atom. The first kappa shape index (κ1) is 14.8. The first-order valence-corrected chi connectivity index (χ1v) is 7.27. The second-order valence-electron chi connectivity index (χ2n) is 6.02. The summed E-state index contributed by atoms with van der Waals surface area (Å²) in [5, 5.41) is 0. The van der Waals surface area contributed by atoms with Gasteiger partial charge in [0.15, 0.2) is 0 Å². The summed E-state index contributed by atoms with van der Waals surface area (Å²) in [4.78, 5) is 8.00. The van der Waals surface area contributed by atoms with Crippen molar-refractivity contribution in [3.63, 3.8) is 0 Å². The number of hydrogen-bond donors (Lipinski definition) is 2. The van der Waals surface area contributed by atoms with E-state index in [9.17, 15) is 0 Å². The van der Waals surface area contributed by atoms with Gasteiger partial charge in [-0.2, -0.15) is 0 Å². The van der Waals surface area contributed by atoms with Gasteiger partial charge in [-0.3, -0.25) is 0 Å². The predicted molar refractivity (Wildman–Crippen MR) is 84.9 cm³/mol. The minimum absolute atomic E-state index is 0.288. The van der Waals surface area contributed by atoms with Gasteiger partial charge in [-0.25, -0.2) is 4.98 Å². The second-order valence-corrected chi connectivity index (χ2v) is 6.02. The molecule has 1 atom stereocenters. The van der Waals surface area contributed by atoms with E-state index in [1.807, 2.05) is 6.20 Å². The molecule has 3 nitrogen and oxygen atoms in total. The molecule has 1 heterocycles. The fraction of sp³-hybridized carbons (Fsp3) is 0.471. The van der Waals surface area contributed by atoms with E-state index in [0.29, 0.717) is 12.5 Å². The summed E-state index contributed by atoms with van der Waals surface area (Å²) in [5.74, 6) is 1.77. The molecule has 1 aromatic heterocycles. The highest BCUT2D eigenvalue weighted by Gasteiger charge is 2.18. The Morgan fingerprint density at radius 3 is 2.35 bits per heavy atom. The molecule has 0 fully saturated rings. The maximum atomic E-state index is 5.87. The van der Waals surface area contributed by atoms with Crippen molar-refractivity contribution in [2.45, 2.75) is 40.5 Å². The van der Waals surface area contributed by atoms with Gasteiger partial charge in [-0.1, -0.05) is 19.9 Å². The number of aromatic amines is 1. The van der Waals surface area contributed by atoms with Gasteiger partial charge in [0.05, 0.1) is 11.9 Å². The monoisotopic (exact) mass is 271 g/mol. The summed E-state index contributed by atoms with van der Waals surface area (Å²) in [6.45, 7) is 11.4. The second kappa shape index (κ2) is 5.80. The van der Waals surface area contributed by atoms with Gasteiger partial charge in [0, 0.05) is 18.0 Å². The number of hydrogen-bond acceptors (Lipinski definition) is 2. The number of H-pyrrole nitrogens is 1. The van der Waals surface area contributed by atoms with Gasteiger partial charge in [-0.05, 0) is 49.4 Å². The van der Waals surface area contributed by atoms with Crippen LogP contribution in [0.2, 0.25) is 0 Å². The van der Waals surface area contributed by atoms with E-state index in [0.717, 1.165) is 11.5 Å². The highest BCUT2D eigenvalue weighted by Crippen LogP contribution is 2.28. The lowest BCUT2D eigenvalue weighted by Crippen LogP contribution is -2.19. The van der Waals surface area contributed by atoms with Crippen LogP contribution in [0.4, 0.5) is 0 Å². The number of imidazole rings is 1. The van der Waals surface area contributed by atoms with E-state index in [1.54, 1.807) is 0 Å². The summed E-state index contributed by atoms with van der Waals surface area (Å²) in [6, 6.07) is 4.46. The van der Waals surface area contributed by atoms with E-state index in [4.69, 9.17) is 5.73 Å². The van der Waals surface area contributed by atoms with Crippen LogP contribution in [-0.2, 0) is 0 Å². The number of nitrogens with one attached hydrogen (secondary N) is 1. The van der Waals surface area contributed by atoms with Crippen LogP contribution in [0.5, 0.6) is 0 Å². The summed E-state index contributed by atoms with van der Waals surface area (Å²) >= 11 is 0. The van der Waals surface area contributed by atoms with E-state index >= 15 is 0 Å². The van der Waals surface area contributed by atoms with E-state index < -0.39 is 0 Å². The molecule has 1 aromatic carbocycles. The highest BCUT2D eigenvalue weighted by molar-refractivity contribution is 5.65. The average Bonchev–Trinajstić information content (AvgIpc) is 2.83. The van der Waals surface area contributed by atoms with Gasteiger partial charge in [0.25, 0.3) is 0 Å². The molecule has 0 spiro atoms. The van der Waals surface area contributed by atoms with Crippen molar-refractivity contribution in [3.05, 3.63) is 40.8 Å². The average molecular weight is 271 g/mol. The molecule has 3 N–H and O–H groups in total.